The highest BCUT2D eigenvalue weighted by molar-refractivity contribution is 5.78. The maximum atomic E-state index is 8.73. The molecule has 104 valence electrons. The van der Waals surface area contributed by atoms with Crippen molar-refractivity contribution in [1.29, 1.82) is 5.26 Å². The van der Waals surface area contributed by atoms with E-state index in [0.717, 1.165) is 29.6 Å². The van der Waals surface area contributed by atoms with Crippen LogP contribution in [-0.2, 0) is 6.54 Å². The molecule has 4 heteroatoms. The molecular formula is C17H15N3O. The van der Waals surface area contributed by atoms with E-state index >= 15 is 0 Å². The summed E-state index contributed by atoms with van der Waals surface area (Å²) in [6.07, 6.45) is 2.77. The summed E-state index contributed by atoms with van der Waals surface area (Å²) in [5.74, 6) is 0.791. The van der Waals surface area contributed by atoms with Crippen molar-refractivity contribution in [3.63, 3.8) is 0 Å². The standard InChI is InChI=1S/C17H15N3O/c18-12-14-6-8-16(9-7-14)21-11-3-10-20-17-5-2-1-4-15(17)13-19-20/h1-2,4-9,13H,3,10-11H2. The van der Waals surface area contributed by atoms with E-state index in [1.54, 1.807) is 12.1 Å². The lowest BCUT2D eigenvalue weighted by Gasteiger charge is -2.07. The van der Waals surface area contributed by atoms with Crippen LogP contribution in [0.25, 0.3) is 10.9 Å². The summed E-state index contributed by atoms with van der Waals surface area (Å²) in [5.41, 5.74) is 1.79. The number of hydrogen-bond acceptors (Lipinski definition) is 3. The molecule has 0 atom stereocenters. The number of aromatic nitrogens is 2. The van der Waals surface area contributed by atoms with E-state index in [9.17, 15) is 0 Å². The molecule has 0 N–H and O–H groups in total. The molecule has 0 unspecified atom stereocenters. The first kappa shape index (κ1) is 13.2. The molecule has 1 heterocycles. The highest BCUT2D eigenvalue weighted by Gasteiger charge is 2.01. The first-order chi connectivity index (χ1) is 10.4. The number of fused-ring (bicyclic) bond motifs is 1. The number of para-hydroxylation sites is 1. The van der Waals surface area contributed by atoms with Gasteiger partial charge in [-0.1, -0.05) is 18.2 Å². The normalized spacial score (nSPS) is 10.4. The van der Waals surface area contributed by atoms with Crippen molar-refractivity contribution in [2.75, 3.05) is 6.61 Å². The van der Waals surface area contributed by atoms with Crippen molar-refractivity contribution >= 4 is 10.9 Å². The Morgan fingerprint density at radius 1 is 1.10 bits per heavy atom. The molecule has 3 rings (SSSR count). The van der Waals surface area contributed by atoms with E-state index in [0.29, 0.717) is 12.2 Å². The van der Waals surface area contributed by atoms with Crippen molar-refractivity contribution in [2.24, 2.45) is 0 Å². The molecule has 0 radical (unpaired) electrons. The van der Waals surface area contributed by atoms with Gasteiger partial charge in [0.05, 0.1) is 30.0 Å². The van der Waals surface area contributed by atoms with Gasteiger partial charge >= 0.3 is 0 Å². The molecule has 0 aliphatic heterocycles. The van der Waals surface area contributed by atoms with Crippen LogP contribution in [0.2, 0.25) is 0 Å². The summed E-state index contributed by atoms with van der Waals surface area (Å²) in [5, 5.41) is 14.3. The van der Waals surface area contributed by atoms with Gasteiger partial charge in [0.2, 0.25) is 0 Å². The molecule has 1 aromatic heterocycles. The maximum absolute atomic E-state index is 8.73. The minimum absolute atomic E-state index is 0.625. The summed E-state index contributed by atoms with van der Waals surface area (Å²) < 4.78 is 7.66. The second-order valence-electron chi connectivity index (χ2n) is 4.76. The summed E-state index contributed by atoms with van der Waals surface area (Å²) in [4.78, 5) is 0. The second-order valence-corrected chi connectivity index (χ2v) is 4.76. The zero-order valence-corrected chi connectivity index (χ0v) is 11.6. The third-order valence-corrected chi connectivity index (χ3v) is 3.32. The monoisotopic (exact) mass is 277 g/mol. The average Bonchev–Trinajstić information content (AvgIpc) is 2.95. The lowest BCUT2D eigenvalue weighted by molar-refractivity contribution is 0.299. The van der Waals surface area contributed by atoms with Gasteiger partial charge in [-0.2, -0.15) is 10.4 Å². The van der Waals surface area contributed by atoms with Gasteiger partial charge in [-0.3, -0.25) is 4.68 Å². The van der Waals surface area contributed by atoms with Crippen molar-refractivity contribution in [2.45, 2.75) is 13.0 Å². The SMILES string of the molecule is N#Cc1ccc(OCCCn2ncc3ccccc32)cc1. The molecule has 4 nitrogen and oxygen atoms in total. The van der Waals surface area contributed by atoms with Crippen LogP contribution in [0.5, 0.6) is 5.75 Å². The summed E-state index contributed by atoms with van der Waals surface area (Å²) in [6, 6.07) is 17.4. The number of nitriles is 1. The van der Waals surface area contributed by atoms with Crippen LogP contribution in [0.4, 0.5) is 0 Å². The van der Waals surface area contributed by atoms with Crippen molar-refractivity contribution in [3.8, 4) is 11.8 Å². The van der Waals surface area contributed by atoms with Gasteiger partial charge < -0.3 is 4.74 Å². The van der Waals surface area contributed by atoms with E-state index in [2.05, 4.69) is 23.3 Å². The van der Waals surface area contributed by atoms with E-state index in [-0.39, 0.29) is 0 Å². The molecule has 0 aliphatic rings. The quantitative estimate of drug-likeness (QED) is 0.672. The Morgan fingerprint density at radius 2 is 1.90 bits per heavy atom. The maximum Gasteiger partial charge on any atom is 0.119 e. The van der Waals surface area contributed by atoms with E-state index < -0.39 is 0 Å². The van der Waals surface area contributed by atoms with Gasteiger partial charge in [0, 0.05) is 18.4 Å². The fourth-order valence-electron chi connectivity index (χ4n) is 2.23. The molecule has 2 aromatic carbocycles. The highest BCUT2D eigenvalue weighted by atomic mass is 16.5. The molecule has 0 saturated carbocycles. The van der Waals surface area contributed by atoms with Crippen LogP contribution in [0.3, 0.4) is 0 Å². The predicted molar refractivity (Wildman–Crippen MR) is 81.0 cm³/mol. The first-order valence-electron chi connectivity index (χ1n) is 6.90. The Labute approximate surface area is 123 Å². The number of aryl methyl sites for hydroxylation is 1. The Balaban J connectivity index is 1.53. The Morgan fingerprint density at radius 3 is 2.71 bits per heavy atom. The van der Waals surface area contributed by atoms with Gasteiger partial charge in [-0.05, 0) is 30.3 Å². The van der Waals surface area contributed by atoms with Gasteiger partial charge in [-0.25, -0.2) is 0 Å². The lowest BCUT2D eigenvalue weighted by atomic mass is 10.2. The largest absolute Gasteiger partial charge is 0.494 e. The smallest absolute Gasteiger partial charge is 0.119 e. The number of nitrogens with zero attached hydrogens (tertiary/aromatic N) is 3. The number of benzene rings is 2. The van der Waals surface area contributed by atoms with Crippen LogP contribution < -0.4 is 4.74 Å². The topological polar surface area (TPSA) is 50.8 Å². The van der Waals surface area contributed by atoms with Crippen LogP contribution >= 0.6 is 0 Å². The fraction of sp³-hybridized carbons (Fsp3) is 0.176. The summed E-state index contributed by atoms with van der Waals surface area (Å²) >= 11 is 0. The zero-order valence-electron chi connectivity index (χ0n) is 11.6. The molecule has 3 aromatic rings. The van der Waals surface area contributed by atoms with E-state index in [1.807, 2.05) is 35.1 Å². The van der Waals surface area contributed by atoms with E-state index in [4.69, 9.17) is 10.00 Å². The third-order valence-electron chi connectivity index (χ3n) is 3.32. The lowest BCUT2D eigenvalue weighted by Crippen LogP contribution is -2.05. The zero-order chi connectivity index (χ0) is 14.5. The molecule has 0 fully saturated rings. The van der Waals surface area contributed by atoms with E-state index in [1.165, 1.54) is 0 Å². The number of rotatable bonds is 5. The van der Waals surface area contributed by atoms with Gasteiger partial charge in [0.1, 0.15) is 5.75 Å². The van der Waals surface area contributed by atoms with Gasteiger partial charge in [0.25, 0.3) is 0 Å². The van der Waals surface area contributed by atoms with Crippen LogP contribution in [0, 0.1) is 11.3 Å². The Hall–Kier alpha value is -2.80. The highest BCUT2D eigenvalue weighted by Crippen LogP contribution is 2.14. The van der Waals surface area contributed by atoms with Crippen molar-refractivity contribution in [3.05, 3.63) is 60.3 Å². The first-order valence-corrected chi connectivity index (χ1v) is 6.90. The fourth-order valence-corrected chi connectivity index (χ4v) is 2.23. The molecule has 0 saturated heterocycles. The summed E-state index contributed by atoms with van der Waals surface area (Å²) in [7, 11) is 0. The second kappa shape index (κ2) is 6.10. The average molecular weight is 277 g/mol. The predicted octanol–water partition coefficient (Wildman–Crippen LogP) is 3.38. The molecule has 0 amide bonds. The van der Waals surface area contributed by atoms with Crippen molar-refractivity contribution < 1.29 is 4.74 Å². The molecule has 0 spiro atoms. The minimum atomic E-state index is 0.625. The summed E-state index contributed by atoms with van der Waals surface area (Å²) in [6.45, 7) is 1.45. The van der Waals surface area contributed by atoms with Crippen molar-refractivity contribution in [1.82, 2.24) is 9.78 Å². The van der Waals surface area contributed by atoms with Crippen LogP contribution in [0.15, 0.2) is 54.7 Å². The number of ether oxygens (including phenoxy) is 1. The molecule has 0 bridgehead atoms. The number of hydrogen-bond donors (Lipinski definition) is 0. The van der Waals surface area contributed by atoms with Gasteiger partial charge in [0.15, 0.2) is 0 Å². The van der Waals surface area contributed by atoms with Crippen LogP contribution in [-0.4, -0.2) is 16.4 Å². The molecule has 21 heavy (non-hydrogen) atoms. The molecular weight excluding hydrogens is 262 g/mol. The molecule has 0 aliphatic carbocycles. The Kier molecular flexibility index (Phi) is 3.83. The Bertz CT molecular complexity index is 769. The minimum Gasteiger partial charge on any atom is -0.494 e. The third kappa shape index (κ3) is 3.03. The van der Waals surface area contributed by atoms with Crippen LogP contribution in [0.1, 0.15) is 12.0 Å². The van der Waals surface area contributed by atoms with Gasteiger partial charge in [-0.15, -0.1) is 0 Å².